The summed E-state index contributed by atoms with van der Waals surface area (Å²) in [6.07, 6.45) is 2.51. The van der Waals surface area contributed by atoms with E-state index in [2.05, 4.69) is 27.8 Å². The zero-order valence-electron chi connectivity index (χ0n) is 14.2. The third-order valence-electron chi connectivity index (χ3n) is 3.43. The number of nitrogens with zero attached hydrogens (tertiary/aromatic N) is 2. The molecule has 1 heterocycles. The molecule has 6 heteroatoms. The topological polar surface area (TPSA) is 69.9 Å². The molecule has 0 saturated heterocycles. The molecule has 24 heavy (non-hydrogen) atoms. The number of furan rings is 1. The van der Waals surface area contributed by atoms with E-state index >= 15 is 0 Å². The van der Waals surface area contributed by atoms with Crippen molar-refractivity contribution in [1.82, 2.24) is 15.5 Å². The van der Waals surface area contributed by atoms with E-state index in [1.54, 1.807) is 20.4 Å². The number of amides is 1. The summed E-state index contributed by atoms with van der Waals surface area (Å²) in [5, 5.41) is 6.43. The average Bonchev–Trinajstić information content (AvgIpc) is 3.10. The molecule has 0 radical (unpaired) electrons. The van der Waals surface area contributed by atoms with Crippen molar-refractivity contribution in [2.75, 3.05) is 27.2 Å². The second-order valence-electron chi connectivity index (χ2n) is 5.55. The molecule has 0 fully saturated rings. The molecule has 6 nitrogen and oxygen atoms in total. The van der Waals surface area contributed by atoms with Crippen molar-refractivity contribution >= 4 is 11.9 Å². The van der Waals surface area contributed by atoms with E-state index in [1.165, 1.54) is 10.5 Å². The first kappa shape index (κ1) is 17.6. The van der Waals surface area contributed by atoms with Crippen LogP contribution in [-0.2, 0) is 17.8 Å². The molecule has 0 atom stereocenters. The molecule has 0 aliphatic heterocycles. The lowest BCUT2D eigenvalue weighted by molar-refractivity contribution is -0.127. The summed E-state index contributed by atoms with van der Waals surface area (Å²) in [5.41, 5.74) is 1.25. The summed E-state index contributed by atoms with van der Waals surface area (Å²) < 4.78 is 5.30. The molecule has 0 aliphatic rings. The minimum absolute atomic E-state index is 0.0443. The molecule has 1 aromatic carbocycles. The Bertz CT molecular complexity index is 636. The number of aliphatic imine (C=N–C) groups is 1. The number of hydrogen-bond acceptors (Lipinski definition) is 3. The summed E-state index contributed by atoms with van der Waals surface area (Å²) in [7, 11) is 3.44. The van der Waals surface area contributed by atoms with Gasteiger partial charge < -0.3 is 20.0 Å². The molecule has 0 aliphatic carbocycles. The second kappa shape index (κ2) is 9.39. The zero-order valence-corrected chi connectivity index (χ0v) is 14.2. The fourth-order valence-corrected chi connectivity index (χ4v) is 2.02. The quantitative estimate of drug-likeness (QED) is 0.599. The van der Waals surface area contributed by atoms with Crippen LogP contribution in [0.3, 0.4) is 0 Å². The molecular weight excluding hydrogens is 304 g/mol. The van der Waals surface area contributed by atoms with Crippen LogP contribution in [0.2, 0.25) is 0 Å². The normalized spacial score (nSPS) is 11.2. The van der Waals surface area contributed by atoms with Crippen molar-refractivity contribution in [3.8, 4) is 0 Å². The first-order valence-electron chi connectivity index (χ1n) is 7.94. The van der Waals surface area contributed by atoms with Crippen LogP contribution in [0, 0.1) is 0 Å². The number of carbonyl (C=O) groups excluding carboxylic acids is 1. The van der Waals surface area contributed by atoms with Crippen molar-refractivity contribution < 1.29 is 9.21 Å². The Hall–Kier alpha value is -2.76. The van der Waals surface area contributed by atoms with E-state index in [-0.39, 0.29) is 12.5 Å². The fraction of sp³-hybridized carbons (Fsp3) is 0.333. The highest BCUT2D eigenvalue weighted by Gasteiger charge is 2.05. The van der Waals surface area contributed by atoms with Gasteiger partial charge in [0, 0.05) is 20.6 Å². The highest BCUT2D eigenvalue weighted by molar-refractivity contribution is 5.84. The Kier molecular flexibility index (Phi) is 6.89. The maximum atomic E-state index is 11.7. The Morgan fingerprint density at radius 3 is 2.58 bits per heavy atom. The van der Waals surface area contributed by atoms with Crippen molar-refractivity contribution in [2.24, 2.45) is 4.99 Å². The van der Waals surface area contributed by atoms with Crippen LogP contribution in [0.15, 0.2) is 58.1 Å². The van der Waals surface area contributed by atoms with Gasteiger partial charge in [-0.3, -0.25) is 4.79 Å². The lowest BCUT2D eigenvalue weighted by Crippen LogP contribution is -2.39. The fourth-order valence-electron chi connectivity index (χ4n) is 2.02. The predicted octanol–water partition coefficient (Wildman–Crippen LogP) is 1.65. The highest BCUT2D eigenvalue weighted by Crippen LogP contribution is 1.99. The van der Waals surface area contributed by atoms with E-state index in [0.717, 1.165) is 18.7 Å². The lowest BCUT2D eigenvalue weighted by Gasteiger charge is -2.13. The number of carbonyl (C=O) groups is 1. The van der Waals surface area contributed by atoms with Crippen molar-refractivity contribution in [2.45, 2.75) is 13.0 Å². The Morgan fingerprint density at radius 1 is 1.12 bits per heavy atom. The summed E-state index contributed by atoms with van der Waals surface area (Å²) >= 11 is 0. The van der Waals surface area contributed by atoms with Gasteiger partial charge in [0.05, 0.1) is 12.8 Å². The molecular formula is C18H24N4O2. The van der Waals surface area contributed by atoms with Crippen LogP contribution in [0.5, 0.6) is 0 Å². The second-order valence-corrected chi connectivity index (χ2v) is 5.55. The number of benzene rings is 1. The number of likely N-dealkylation sites (N-methyl/N-ethyl adjacent to an activating group) is 1. The highest BCUT2D eigenvalue weighted by atomic mass is 16.3. The first-order chi connectivity index (χ1) is 11.6. The summed E-state index contributed by atoms with van der Waals surface area (Å²) in [4.78, 5) is 17.6. The maximum absolute atomic E-state index is 11.7. The standard InChI is InChI=1S/C18H24N4O2/c1-22(2)17(23)14-21-18(20-13-16-9-6-12-24-16)19-11-10-15-7-4-3-5-8-15/h3-9,12H,10-11,13-14H2,1-2H3,(H2,19,20,21). The van der Waals surface area contributed by atoms with Gasteiger partial charge in [0.25, 0.3) is 0 Å². The van der Waals surface area contributed by atoms with Crippen LogP contribution in [0.4, 0.5) is 0 Å². The largest absolute Gasteiger partial charge is 0.467 e. The van der Waals surface area contributed by atoms with Crippen LogP contribution in [0.25, 0.3) is 0 Å². The van der Waals surface area contributed by atoms with Crippen molar-refractivity contribution in [1.29, 1.82) is 0 Å². The average molecular weight is 328 g/mol. The Morgan fingerprint density at radius 2 is 1.92 bits per heavy atom. The van der Waals surface area contributed by atoms with Gasteiger partial charge in [0.1, 0.15) is 12.3 Å². The third-order valence-corrected chi connectivity index (χ3v) is 3.43. The number of nitrogens with one attached hydrogen (secondary N) is 2. The van der Waals surface area contributed by atoms with Crippen molar-refractivity contribution in [3.63, 3.8) is 0 Å². The van der Waals surface area contributed by atoms with Crippen LogP contribution in [0.1, 0.15) is 11.3 Å². The summed E-state index contributed by atoms with van der Waals surface area (Å²) in [6, 6.07) is 14.0. The molecule has 128 valence electrons. The molecule has 0 spiro atoms. The first-order valence-corrected chi connectivity index (χ1v) is 7.94. The van der Waals surface area contributed by atoms with E-state index in [1.807, 2.05) is 30.3 Å². The van der Waals surface area contributed by atoms with Gasteiger partial charge in [0.2, 0.25) is 5.91 Å². The summed E-state index contributed by atoms with van der Waals surface area (Å²) in [5.74, 6) is 1.36. The molecule has 2 rings (SSSR count). The molecule has 0 bridgehead atoms. The van der Waals surface area contributed by atoms with Gasteiger partial charge in [-0.15, -0.1) is 0 Å². The van der Waals surface area contributed by atoms with Crippen molar-refractivity contribution in [3.05, 3.63) is 60.1 Å². The molecule has 1 aromatic heterocycles. The Labute approximate surface area is 142 Å². The van der Waals surface area contributed by atoms with Crippen LogP contribution < -0.4 is 10.6 Å². The Balaban J connectivity index is 1.88. The van der Waals surface area contributed by atoms with E-state index < -0.39 is 0 Å². The van der Waals surface area contributed by atoms with Gasteiger partial charge in [0.15, 0.2) is 5.96 Å². The minimum atomic E-state index is -0.0443. The molecule has 0 saturated carbocycles. The van der Waals surface area contributed by atoms with Gasteiger partial charge in [-0.05, 0) is 24.1 Å². The minimum Gasteiger partial charge on any atom is -0.467 e. The smallest absolute Gasteiger partial charge is 0.243 e. The number of guanidine groups is 1. The third kappa shape index (κ3) is 6.16. The van der Waals surface area contributed by atoms with Gasteiger partial charge >= 0.3 is 0 Å². The SMILES string of the molecule is CN(C)C(=O)CN=C(NCCc1ccccc1)NCc1ccco1. The number of hydrogen-bond donors (Lipinski definition) is 2. The number of rotatable bonds is 7. The van der Waals surface area contributed by atoms with Crippen LogP contribution in [-0.4, -0.2) is 44.0 Å². The lowest BCUT2D eigenvalue weighted by atomic mass is 10.1. The molecule has 2 aromatic rings. The van der Waals surface area contributed by atoms with E-state index in [0.29, 0.717) is 12.5 Å². The van der Waals surface area contributed by atoms with Gasteiger partial charge in [-0.1, -0.05) is 30.3 Å². The van der Waals surface area contributed by atoms with Crippen LogP contribution >= 0.6 is 0 Å². The molecule has 2 N–H and O–H groups in total. The van der Waals surface area contributed by atoms with Gasteiger partial charge in [-0.25, -0.2) is 4.99 Å². The summed E-state index contributed by atoms with van der Waals surface area (Å²) in [6.45, 7) is 1.34. The maximum Gasteiger partial charge on any atom is 0.243 e. The van der Waals surface area contributed by atoms with E-state index in [9.17, 15) is 4.79 Å². The molecule has 0 unspecified atom stereocenters. The monoisotopic (exact) mass is 328 g/mol. The van der Waals surface area contributed by atoms with Gasteiger partial charge in [-0.2, -0.15) is 0 Å². The molecule has 1 amide bonds. The zero-order chi connectivity index (χ0) is 17.2. The predicted molar refractivity (Wildman–Crippen MR) is 94.7 cm³/mol. The van der Waals surface area contributed by atoms with E-state index in [4.69, 9.17) is 4.42 Å².